The van der Waals surface area contributed by atoms with E-state index in [4.69, 9.17) is 27.9 Å². The molecule has 1 atom stereocenters. The summed E-state index contributed by atoms with van der Waals surface area (Å²) in [6.07, 6.45) is 4.91. The summed E-state index contributed by atoms with van der Waals surface area (Å²) in [6.45, 7) is 1.20. The van der Waals surface area contributed by atoms with E-state index >= 15 is 0 Å². The summed E-state index contributed by atoms with van der Waals surface area (Å²) in [4.78, 5) is 28.1. The molecule has 1 aliphatic carbocycles. The normalized spacial score (nSPS) is 14.8. The highest BCUT2D eigenvalue weighted by atomic mass is 35.5. The fourth-order valence-corrected chi connectivity index (χ4v) is 5.35. The lowest BCUT2D eigenvalue weighted by Crippen LogP contribution is -2.52. The van der Waals surface area contributed by atoms with Crippen molar-refractivity contribution in [3.63, 3.8) is 0 Å². The van der Waals surface area contributed by atoms with Crippen LogP contribution in [-0.4, -0.2) is 57.1 Å². The predicted molar refractivity (Wildman–Crippen MR) is 142 cm³/mol. The lowest BCUT2D eigenvalue weighted by atomic mass is 10.1. The van der Waals surface area contributed by atoms with Crippen molar-refractivity contribution in [3.05, 3.63) is 58.1 Å². The highest BCUT2D eigenvalue weighted by Gasteiger charge is 2.32. The number of sulfonamides is 1. The molecule has 0 spiro atoms. The van der Waals surface area contributed by atoms with Gasteiger partial charge in [0.05, 0.1) is 19.1 Å². The fraction of sp³-hybridized carbons (Fsp3) is 0.440. The summed E-state index contributed by atoms with van der Waals surface area (Å²) in [5, 5.41) is 3.85. The van der Waals surface area contributed by atoms with Crippen LogP contribution in [0.1, 0.15) is 38.2 Å². The van der Waals surface area contributed by atoms with Crippen LogP contribution in [0.2, 0.25) is 10.0 Å². The Morgan fingerprint density at radius 3 is 2.28 bits per heavy atom. The van der Waals surface area contributed by atoms with Gasteiger partial charge in [0.1, 0.15) is 18.3 Å². The number of benzene rings is 2. The van der Waals surface area contributed by atoms with Gasteiger partial charge in [-0.15, -0.1) is 0 Å². The molecule has 0 radical (unpaired) electrons. The summed E-state index contributed by atoms with van der Waals surface area (Å²) < 4.78 is 31.8. The standard InChI is InChI=1S/C25H31Cl2N3O5S/c1-17(25(32)28-21-6-4-5-7-21)29(15-18-8-10-19(26)11-9-18)24(31)16-30(36(3,33)34)22-14-20(27)12-13-23(22)35-2/h8-14,17,21H,4-7,15-16H2,1-3H3,(H,28,32). The van der Waals surface area contributed by atoms with Crippen LogP contribution < -0.4 is 14.4 Å². The van der Waals surface area contributed by atoms with Crippen molar-refractivity contribution in [2.75, 3.05) is 24.2 Å². The van der Waals surface area contributed by atoms with Gasteiger partial charge in [0.25, 0.3) is 0 Å². The Labute approximate surface area is 222 Å². The largest absolute Gasteiger partial charge is 0.495 e. The molecular weight excluding hydrogens is 525 g/mol. The smallest absolute Gasteiger partial charge is 0.244 e. The molecule has 1 fully saturated rings. The van der Waals surface area contributed by atoms with E-state index < -0.39 is 28.5 Å². The minimum absolute atomic E-state index is 0.0793. The fourth-order valence-electron chi connectivity index (χ4n) is 4.21. The molecule has 0 bridgehead atoms. The van der Waals surface area contributed by atoms with Gasteiger partial charge in [0, 0.05) is 22.6 Å². The molecule has 1 unspecified atom stereocenters. The number of ether oxygens (including phenoxy) is 1. The quantitative estimate of drug-likeness (QED) is 0.472. The molecule has 8 nitrogen and oxygen atoms in total. The van der Waals surface area contributed by atoms with E-state index in [9.17, 15) is 18.0 Å². The van der Waals surface area contributed by atoms with Crippen molar-refractivity contribution >= 4 is 50.7 Å². The van der Waals surface area contributed by atoms with Crippen LogP contribution in [0.4, 0.5) is 5.69 Å². The minimum atomic E-state index is -3.91. The molecule has 11 heteroatoms. The molecule has 2 amide bonds. The van der Waals surface area contributed by atoms with E-state index in [1.165, 1.54) is 24.1 Å². The minimum Gasteiger partial charge on any atom is -0.495 e. The Bertz CT molecular complexity index is 1180. The van der Waals surface area contributed by atoms with Crippen LogP contribution in [0.5, 0.6) is 5.75 Å². The van der Waals surface area contributed by atoms with Gasteiger partial charge in [0.2, 0.25) is 21.8 Å². The molecule has 0 saturated heterocycles. The van der Waals surface area contributed by atoms with Crippen molar-refractivity contribution in [1.29, 1.82) is 0 Å². The SMILES string of the molecule is COc1ccc(Cl)cc1N(CC(=O)N(Cc1ccc(Cl)cc1)C(C)C(=O)NC1CCCC1)S(C)(=O)=O. The topological polar surface area (TPSA) is 96.0 Å². The van der Waals surface area contributed by atoms with Gasteiger partial charge < -0.3 is 15.0 Å². The number of hydrogen-bond donors (Lipinski definition) is 1. The number of halogens is 2. The Balaban J connectivity index is 1.92. The third-order valence-corrected chi connectivity index (χ3v) is 7.84. The zero-order chi connectivity index (χ0) is 26.5. The van der Waals surface area contributed by atoms with Gasteiger partial charge in [-0.1, -0.05) is 48.2 Å². The molecule has 0 aromatic heterocycles. The first-order valence-corrected chi connectivity index (χ1v) is 14.3. The number of carbonyl (C=O) groups excluding carboxylic acids is 2. The highest BCUT2D eigenvalue weighted by Crippen LogP contribution is 2.33. The Hall–Kier alpha value is -2.49. The van der Waals surface area contributed by atoms with Crippen LogP contribution in [-0.2, 0) is 26.2 Å². The number of anilines is 1. The first-order chi connectivity index (χ1) is 17.0. The summed E-state index contributed by atoms with van der Waals surface area (Å²) >= 11 is 12.1. The Morgan fingerprint density at radius 2 is 1.69 bits per heavy atom. The maximum absolute atomic E-state index is 13.7. The number of nitrogens with one attached hydrogen (secondary N) is 1. The maximum atomic E-state index is 13.7. The van der Waals surface area contributed by atoms with Crippen molar-refractivity contribution in [2.45, 2.75) is 51.2 Å². The highest BCUT2D eigenvalue weighted by molar-refractivity contribution is 7.92. The maximum Gasteiger partial charge on any atom is 0.244 e. The molecule has 196 valence electrons. The lowest BCUT2D eigenvalue weighted by molar-refractivity contribution is -0.139. The Morgan fingerprint density at radius 1 is 1.08 bits per heavy atom. The number of methoxy groups -OCH3 is 1. The van der Waals surface area contributed by atoms with Crippen LogP contribution in [0.15, 0.2) is 42.5 Å². The zero-order valence-electron chi connectivity index (χ0n) is 20.5. The summed E-state index contributed by atoms with van der Waals surface area (Å²) in [7, 11) is -2.51. The first kappa shape index (κ1) is 28.1. The van der Waals surface area contributed by atoms with Gasteiger partial charge in [-0.3, -0.25) is 13.9 Å². The molecule has 36 heavy (non-hydrogen) atoms. The third kappa shape index (κ3) is 7.27. The van der Waals surface area contributed by atoms with Gasteiger partial charge in [-0.25, -0.2) is 8.42 Å². The van der Waals surface area contributed by atoms with Crippen molar-refractivity contribution in [3.8, 4) is 5.75 Å². The van der Waals surface area contributed by atoms with E-state index in [-0.39, 0.29) is 35.0 Å². The summed E-state index contributed by atoms with van der Waals surface area (Å²) in [5.74, 6) is -0.587. The van der Waals surface area contributed by atoms with Crippen molar-refractivity contribution < 1.29 is 22.7 Å². The van der Waals surface area contributed by atoms with Crippen LogP contribution in [0.3, 0.4) is 0 Å². The van der Waals surface area contributed by atoms with Crippen LogP contribution in [0.25, 0.3) is 0 Å². The van der Waals surface area contributed by atoms with E-state index in [0.717, 1.165) is 41.8 Å². The molecule has 1 N–H and O–H groups in total. The van der Waals surface area contributed by atoms with E-state index in [1.54, 1.807) is 37.3 Å². The molecule has 2 aromatic rings. The number of nitrogens with zero attached hydrogens (tertiary/aromatic N) is 2. The third-order valence-electron chi connectivity index (χ3n) is 6.22. The molecule has 0 heterocycles. The molecule has 1 aliphatic rings. The average molecular weight is 557 g/mol. The average Bonchev–Trinajstić information content (AvgIpc) is 3.33. The number of rotatable bonds is 10. The second-order valence-electron chi connectivity index (χ2n) is 8.90. The van der Waals surface area contributed by atoms with Gasteiger partial charge in [0.15, 0.2) is 0 Å². The van der Waals surface area contributed by atoms with Crippen LogP contribution >= 0.6 is 23.2 Å². The molecule has 0 aliphatic heterocycles. The van der Waals surface area contributed by atoms with Crippen LogP contribution in [0, 0.1) is 0 Å². The molecule has 1 saturated carbocycles. The number of amides is 2. The monoisotopic (exact) mass is 555 g/mol. The van der Waals surface area contributed by atoms with E-state index in [1.807, 2.05) is 0 Å². The second-order valence-corrected chi connectivity index (χ2v) is 11.7. The molecule has 2 aromatic carbocycles. The number of hydrogen-bond acceptors (Lipinski definition) is 5. The lowest BCUT2D eigenvalue weighted by Gasteiger charge is -2.32. The second kappa shape index (κ2) is 12.2. The number of carbonyl (C=O) groups is 2. The molecule has 3 rings (SSSR count). The van der Waals surface area contributed by atoms with Gasteiger partial charge >= 0.3 is 0 Å². The summed E-state index contributed by atoms with van der Waals surface area (Å²) in [5.41, 5.74) is 0.884. The molecular formula is C25H31Cl2N3O5S. The Kier molecular flexibility index (Phi) is 9.49. The first-order valence-electron chi connectivity index (χ1n) is 11.6. The van der Waals surface area contributed by atoms with Crippen molar-refractivity contribution in [1.82, 2.24) is 10.2 Å². The van der Waals surface area contributed by atoms with Gasteiger partial charge in [-0.2, -0.15) is 0 Å². The zero-order valence-corrected chi connectivity index (χ0v) is 22.9. The van der Waals surface area contributed by atoms with E-state index in [2.05, 4.69) is 5.32 Å². The van der Waals surface area contributed by atoms with Crippen molar-refractivity contribution in [2.24, 2.45) is 0 Å². The summed E-state index contributed by atoms with van der Waals surface area (Å²) in [6, 6.07) is 10.7. The van der Waals surface area contributed by atoms with E-state index in [0.29, 0.717) is 5.02 Å². The predicted octanol–water partition coefficient (Wildman–Crippen LogP) is 4.24. The van der Waals surface area contributed by atoms with Gasteiger partial charge in [-0.05, 0) is 55.7 Å².